The van der Waals surface area contributed by atoms with E-state index < -0.39 is 0 Å². The highest BCUT2D eigenvalue weighted by Crippen LogP contribution is 2.09. The van der Waals surface area contributed by atoms with E-state index in [2.05, 4.69) is 19.1 Å². The smallest absolute Gasteiger partial charge is 0.302 e. The van der Waals surface area contributed by atoms with E-state index in [1.807, 2.05) is 6.92 Å². The van der Waals surface area contributed by atoms with Crippen LogP contribution in [0.5, 0.6) is 0 Å². The first-order valence-electron chi connectivity index (χ1n) is 6.36. The number of ketones is 1. The molecule has 0 aliphatic rings. The Hall–Kier alpha value is -1.38. The van der Waals surface area contributed by atoms with Crippen LogP contribution in [-0.2, 0) is 14.3 Å². The van der Waals surface area contributed by atoms with Crippen molar-refractivity contribution >= 4 is 11.8 Å². The second kappa shape index (κ2) is 9.63. The molecule has 0 unspecified atom stereocenters. The maximum atomic E-state index is 10.8. The molecule has 0 spiro atoms. The second-order valence-electron chi connectivity index (χ2n) is 4.66. The summed E-state index contributed by atoms with van der Waals surface area (Å²) in [6.07, 6.45) is 7.59. The van der Waals surface area contributed by atoms with Gasteiger partial charge in [0.25, 0.3) is 0 Å². The fraction of sp³-hybridized carbons (Fsp3) is 0.600. The van der Waals surface area contributed by atoms with E-state index in [4.69, 9.17) is 4.74 Å². The van der Waals surface area contributed by atoms with E-state index in [0.29, 0.717) is 13.0 Å². The van der Waals surface area contributed by atoms with Gasteiger partial charge < -0.3 is 9.53 Å². The molecule has 102 valence electrons. The number of esters is 1. The lowest BCUT2D eigenvalue weighted by Gasteiger charge is -2.02. The van der Waals surface area contributed by atoms with Gasteiger partial charge in [0.15, 0.2) is 0 Å². The van der Waals surface area contributed by atoms with Crippen molar-refractivity contribution in [1.29, 1.82) is 0 Å². The molecule has 18 heavy (non-hydrogen) atoms. The molecule has 0 bridgehead atoms. The molecule has 0 saturated heterocycles. The van der Waals surface area contributed by atoms with E-state index >= 15 is 0 Å². The average Bonchev–Trinajstić information content (AvgIpc) is 2.25. The Morgan fingerprint density at radius 3 is 2.00 bits per heavy atom. The first-order valence-corrected chi connectivity index (χ1v) is 6.36. The van der Waals surface area contributed by atoms with E-state index in [9.17, 15) is 9.59 Å². The number of carbonyl (C=O) groups excluding carboxylic acids is 2. The summed E-state index contributed by atoms with van der Waals surface area (Å²) in [7, 11) is 0. The zero-order valence-electron chi connectivity index (χ0n) is 11.9. The molecule has 0 aliphatic heterocycles. The number of rotatable bonds is 8. The van der Waals surface area contributed by atoms with Crippen LogP contribution in [0.4, 0.5) is 0 Å². The lowest BCUT2D eigenvalue weighted by molar-refractivity contribution is -0.140. The highest BCUT2D eigenvalue weighted by atomic mass is 16.5. The monoisotopic (exact) mass is 252 g/mol. The molecular formula is C15H24O3. The number of Topliss-reactive ketones (excluding diaryl/α,β-unsaturated/α-hetero) is 1. The van der Waals surface area contributed by atoms with Crippen molar-refractivity contribution in [1.82, 2.24) is 0 Å². The third-order valence-corrected chi connectivity index (χ3v) is 2.52. The molecule has 0 rings (SSSR count). The van der Waals surface area contributed by atoms with Gasteiger partial charge in [0.05, 0.1) is 0 Å². The molecule has 0 atom stereocenters. The predicted octanol–water partition coefficient (Wildman–Crippen LogP) is 3.59. The average molecular weight is 252 g/mol. The molecule has 0 aromatic rings. The molecule has 0 fully saturated rings. The summed E-state index contributed by atoms with van der Waals surface area (Å²) in [4.78, 5) is 21.4. The Kier molecular flexibility index (Phi) is 8.89. The minimum atomic E-state index is -0.247. The SMILES string of the molecule is CC(=O)CC/C=C(\C)CC/C=C(\C)COC(C)=O. The molecule has 3 nitrogen and oxygen atoms in total. The van der Waals surface area contributed by atoms with Crippen molar-refractivity contribution < 1.29 is 14.3 Å². The van der Waals surface area contributed by atoms with Crippen LogP contribution in [0.2, 0.25) is 0 Å². The normalized spacial score (nSPS) is 12.4. The van der Waals surface area contributed by atoms with Gasteiger partial charge in [-0.25, -0.2) is 0 Å². The zero-order chi connectivity index (χ0) is 14.0. The summed E-state index contributed by atoms with van der Waals surface area (Å²) in [5, 5.41) is 0. The fourth-order valence-corrected chi connectivity index (χ4v) is 1.44. The lowest BCUT2D eigenvalue weighted by Crippen LogP contribution is -2.01. The van der Waals surface area contributed by atoms with Crippen molar-refractivity contribution in [3.05, 3.63) is 23.3 Å². The predicted molar refractivity (Wildman–Crippen MR) is 73.3 cm³/mol. The van der Waals surface area contributed by atoms with Crippen molar-refractivity contribution in [3.63, 3.8) is 0 Å². The lowest BCUT2D eigenvalue weighted by atomic mass is 10.1. The van der Waals surface area contributed by atoms with Crippen molar-refractivity contribution in [3.8, 4) is 0 Å². The number of hydrogen-bond acceptors (Lipinski definition) is 3. The summed E-state index contributed by atoms with van der Waals surface area (Å²) >= 11 is 0. The van der Waals surface area contributed by atoms with Crippen molar-refractivity contribution in [2.75, 3.05) is 6.61 Å². The molecule has 0 heterocycles. The van der Waals surface area contributed by atoms with Gasteiger partial charge in [-0.15, -0.1) is 0 Å². The summed E-state index contributed by atoms with van der Waals surface area (Å²) in [6.45, 7) is 7.44. The number of ether oxygens (including phenoxy) is 1. The molecule has 3 heteroatoms. The molecule has 0 aliphatic carbocycles. The van der Waals surface area contributed by atoms with Gasteiger partial charge in [0.2, 0.25) is 0 Å². The Morgan fingerprint density at radius 1 is 0.889 bits per heavy atom. The van der Waals surface area contributed by atoms with Gasteiger partial charge in [-0.05, 0) is 45.6 Å². The van der Waals surface area contributed by atoms with Crippen LogP contribution in [0.15, 0.2) is 23.3 Å². The van der Waals surface area contributed by atoms with Crippen molar-refractivity contribution in [2.45, 2.75) is 53.4 Å². The quantitative estimate of drug-likeness (QED) is 0.490. The van der Waals surface area contributed by atoms with Crippen LogP contribution in [-0.4, -0.2) is 18.4 Å². The van der Waals surface area contributed by atoms with E-state index in [1.54, 1.807) is 6.92 Å². The molecule has 0 aromatic carbocycles. The standard InChI is InChI=1S/C15H24O3/c1-12(8-6-10-14(3)16)7-5-9-13(2)11-18-15(4)17/h8-9H,5-7,10-11H2,1-4H3/b12-8+,13-9+. The maximum Gasteiger partial charge on any atom is 0.302 e. The first kappa shape index (κ1) is 16.6. The summed E-state index contributed by atoms with van der Waals surface area (Å²) in [5.74, 6) is -0.0146. The first-order chi connectivity index (χ1) is 8.41. The van der Waals surface area contributed by atoms with Crippen LogP contribution >= 0.6 is 0 Å². The molecule has 0 aromatic heterocycles. The van der Waals surface area contributed by atoms with Gasteiger partial charge in [-0.3, -0.25) is 4.79 Å². The van der Waals surface area contributed by atoms with Gasteiger partial charge in [-0.2, -0.15) is 0 Å². The molecular weight excluding hydrogens is 228 g/mol. The Bertz CT molecular complexity index is 338. The van der Waals surface area contributed by atoms with Crippen LogP contribution in [0.3, 0.4) is 0 Å². The summed E-state index contributed by atoms with van der Waals surface area (Å²) in [5.41, 5.74) is 2.37. The Labute approximate surface area is 110 Å². The van der Waals surface area contributed by atoms with Gasteiger partial charge in [0, 0.05) is 13.3 Å². The van der Waals surface area contributed by atoms with Crippen LogP contribution in [0.1, 0.15) is 53.4 Å². The van der Waals surface area contributed by atoms with E-state index in [-0.39, 0.29) is 11.8 Å². The van der Waals surface area contributed by atoms with E-state index in [0.717, 1.165) is 24.8 Å². The van der Waals surface area contributed by atoms with Crippen molar-refractivity contribution in [2.24, 2.45) is 0 Å². The molecule has 0 N–H and O–H groups in total. The highest BCUT2D eigenvalue weighted by Gasteiger charge is 1.95. The Morgan fingerprint density at radius 2 is 1.44 bits per heavy atom. The van der Waals surface area contributed by atoms with Crippen LogP contribution in [0, 0.1) is 0 Å². The third-order valence-electron chi connectivity index (χ3n) is 2.52. The maximum absolute atomic E-state index is 10.8. The molecule has 0 saturated carbocycles. The third kappa shape index (κ3) is 11.1. The summed E-state index contributed by atoms with van der Waals surface area (Å²) in [6, 6.07) is 0. The molecule has 0 amide bonds. The largest absolute Gasteiger partial charge is 0.461 e. The highest BCUT2D eigenvalue weighted by molar-refractivity contribution is 5.75. The number of hydrogen-bond donors (Lipinski definition) is 0. The van der Waals surface area contributed by atoms with Gasteiger partial charge >= 0.3 is 5.97 Å². The minimum Gasteiger partial charge on any atom is -0.461 e. The number of allylic oxidation sites excluding steroid dienone is 3. The van der Waals surface area contributed by atoms with Gasteiger partial charge in [0.1, 0.15) is 12.4 Å². The zero-order valence-corrected chi connectivity index (χ0v) is 11.9. The van der Waals surface area contributed by atoms with Crippen LogP contribution in [0.25, 0.3) is 0 Å². The number of carbonyl (C=O) groups is 2. The summed E-state index contributed by atoms with van der Waals surface area (Å²) < 4.78 is 4.89. The topological polar surface area (TPSA) is 43.4 Å². The Balaban J connectivity index is 3.83. The fourth-order valence-electron chi connectivity index (χ4n) is 1.44. The molecule has 0 radical (unpaired) electrons. The van der Waals surface area contributed by atoms with E-state index in [1.165, 1.54) is 12.5 Å². The van der Waals surface area contributed by atoms with Gasteiger partial charge in [-0.1, -0.05) is 17.7 Å². The second-order valence-corrected chi connectivity index (χ2v) is 4.66. The van der Waals surface area contributed by atoms with Crippen LogP contribution < -0.4 is 0 Å². The minimum absolute atomic E-state index is 0.233.